The van der Waals surface area contributed by atoms with E-state index in [4.69, 9.17) is 5.73 Å². The molecule has 1 aromatic heterocycles. The summed E-state index contributed by atoms with van der Waals surface area (Å²) in [5, 5.41) is 14.7. The Hall–Kier alpha value is -1.81. The first-order valence-electron chi connectivity index (χ1n) is 6.77. The van der Waals surface area contributed by atoms with Crippen LogP contribution in [0.5, 0.6) is 0 Å². The fraction of sp³-hybridized carbons (Fsp3) is 0.400. The second-order valence-corrected chi connectivity index (χ2v) is 5.39. The van der Waals surface area contributed by atoms with Crippen molar-refractivity contribution in [3.05, 3.63) is 30.5 Å². The molecule has 2 aromatic rings. The van der Waals surface area contributed by atoms with Crippen LogP contribution in [0.1, 0.15) is 25.7 Å². The quantitative estimate of drug-likeness (QED) is 0.739. The maximum Gasteiger partial charge on any atom is 0.0951 e. The van der Waals surface area contributed by atoms with E-state index >= 15 is 0 Å². The van der Waals surface area contributed by atoms with Crippen molar-refractivity contribution < 1.29 is 5.11 Å². The molecule has 4 nitrogen and oxygen atoms in total. The molecular formula is C15H19N3O. The van der Waals surface area contributed by atoms with Crippen LogP contribution in [0.15, 0.2) is 30.5 Å². The lowest BCUT2D eigenvalue weighted by atomic mass is 10.0. The Morgan fingerprint density at radius 3 is 2.84 bits per heavy atom. The van der Waals surface area contributed by atoms with Gasteiger partial charge in [0.15, 0.2) is 0 Å². The summed E-state index contributed by atoms with van der Waals surface area (Å²) < 4.78 is 0. The van der Waals surface area contributed by atoms with Gasteiger partial charge < -0.3 is 16.2 Å². The third-order valence-electron chi connectivity index (χ3n) is 3.94. The molecule has 1 aromatic carbocycles. The molecule has 100 valence electrons. The molecule has 0 unspecified atom stereocenters. The summed E-state index contributed by atoms with van der Waals surface area (Å²) in [5.74, 6) is 0. The number of nitrogens with one attached hydrogen (secondary N) is 1. The van der Waals surface area contributed by atoms with Crippen molar-refractivity contribution in [1.82, 2.24) is 4.98 Å². The minimum absolute atomic E-state index is 0.560. The number of hydrogen-bond donors (Lipinski definition) is 3. The molecule has 0 amide bonds. The monoisotopic (exact) mass is 257 g/mol. The van der Waals surface area contributed by atoms with E-state index in [1.807, 2.05) is 24.3 Å². The van der Waals surface area contributed by atoms with Crippen LogP contribution in [0, 0.1) is 0 Å². The van der Waals surface area contributed by atoms with Crippen molar-refractivity contribution in [1.29, 1.82) is 0 Å². The predicted molar refractivity (Wildman–Crippen MR) is 78.1 cm³/mol. The highest BCUT2D eigenvalue weighted by Gasteiger charge is 2.30. The highest BCUT2D eigenvalue weighted by Crippen LogP contribution is 2.31. The first-order chi connectivity index (χ1) is 9.18. The zero-order valence-electron chi connectivity index (χ0n) is 10.9. The van der Waals surface area contributed by atoms with E-state index in [0.29, 0.717) is 12.2 Å². The molecule has 1 saturated carbocycles. The van der Waals surface area contributed by atoms with Crippen molar-refractivity contribution in [2.45, 2.75) is 31.3 Å². The standard InChI is InChI=1S/C15H19N3O/c16-12-5-3-4-11-13(6-9-17-14(11)12)18-10-15(19)7-1-2-8-15/h3-6,9,19H,1-2,7-8,10,16H2,(H,17,18). The number of pyridine rings is 1. The van der Waals surface area contributed by atoms with Crippen molar-refractivity contribution in [2.75, 3.05) is 17.6 Å². The molecule has 0 radical (unpaired) electrons. The van der Waals surface area contributed by atoms with Gasteiger partial charge in [0, 0.05) is 23.8 Å². The molecule has 0 aliphatic heterocycles. The number of rotatable bonds is 3. The number of anilines is 2. The van der Waals surface area contributed by atoms with Gasteiger partial charge in [-0.05, 0) is 25.0 Å². The average molecular weight is 257 g/mol. The number of aromatic nitrogens is 1. The van der Waals surface area contributed by atoms with Crippen LogP contribution in [-0.4, -0.2) is 22.2 Å². The molecule has 19 heavy (non-hydrogen) atoms. The molecule has 1 aliphatic rings. The number of hydrogen-bond acceptors (Lipinski definition) is 4. The lowest BCUT2D eigenvalue weighted by molar-refractivity contribution is 0.0615. The van der Waals surface area contributed by atoms with Gasteiger partial charge in [0.1, 0.15) is 0 Å². The maximum absolute atomic E-state index is 10.4. The Morgan fingerprint density at radius 1 is 1.26 bits per heavy atom. The fourth-order valence-corrected chi connectivity index (χ4v) is 2.82. The molecule has 4 N–H and O–H groups in total. The molecule has 4 heteroatoms. The minimum atomic E-state index is -0.560. The summed E-state index contributed by atoms with van der Waals surface area (Å²) in [6, 6.07) is 7.71. The summed E-state index contributed by atoms with van der Waals surface area (Å²) in [6.07, 6.45) is 5.74. The Bertz CT molecular complexity index is 591. The Labute approximate surface area is 112 Å². The van der Waals surface area contributed by atoms with Gasteiger partial charge in [-0.25, -0.2) is 0 Å². The second kappa shape index (κ2) is 4.70. The smallest absolute Gasteiger partial charge is 0.0951 e. The van der Waals surface area contributed by atoms with Crippen LogP contribution in [0.2, 0.25) is 0 Å². The molecule has 0 spiro atoms. The Kier molecular flexibility index (Phi) is 3.03. The molecule has 1 fully saturated rings. The summed E-state index contributed by atoms with van der Waals surface area (Å²) in [4.78, 5) is 4.31. The second-order valence-electron chi connectivity index (χ2n) is 5.39. The van der Waals surface area contributed by atoms with Gasteiger partial charge in [-0.3, -0.25) is 4.98 Å². The van der Waals surface area contributed by atoms with Crippen molar-refractivity contribution >= 4 is 22.3 Å². The number of aliphatic hydroxyl groups is 1. The van der Waals surface area contributed by atoms with Crippen LogP contribution in [-0.2, 0) is 0 Å². The van der Waals surface area contributed by atoms with Gasteiger partial charge in [-0.2, -0.15) is 0 Å². The molecule has 0 bridgehead atoms. The van der Waals surface area contributed by atoms with Gasteiger partial charge in [0.25, 0.3) is 0 Å². The first kappa shape index (κ1) is 12.2. The average Bonchev–Trinajstić information content (AvgIpc) is 2.84. The number of nitrogens with two attached hydrogens (primary N) is 1. The minimum Gasteiger partial charge on any atom is -0.397 e. The molecule has 1 aliphatic carbocycles. The molecular weight excluding hydrogens is 238 g/mol. The fourth-order valence-electron chi connectivity index (χ4n) is 2.82. The topological polar surface area (TPSA) is 71.2 Å². The summed E-state index contributed by atoms with van der Waals surface area (Å²) in [5.41, 5.74) is 7.85. The van der Waals surface area contributed by atoms with E-state index in [1.165, 1.54) is 0 Å². The van der Waals surface area contributed by atoms with E-state index in [1.54, 1.807) is 6.20 Å². The van der Waals surface area contributed by atoms with E-state index in [0.717, 1.165) is 42.3 Å². The first-order valence-corrected chi connectivity index (χ1v) is 6.77. The molecule has 0 saturated heterocycles. The van der Waals surface area contributed by atoms with Crippen molar-refractivity contribution in [3.63, 3.8) is 0 Å². The largest absolute Gasteiger partial charge is 0.397 e. The van der Waals surface area contributed by atoms with Crippen LogP contribution >= 0.6 is 0 Å². The highest BCUT2D eigenvalue weighted by atomic mass is 16.3. The molecule has 0 atom stereocenters. The van der Waals surface area contributed by atoms with Gasteiger partial charge in [-0.15, -0.1) is 0 Å². The number of benzene rings is 1. The lowest BCUT2D eigenvalue weighted by Crippen LogP contribution is -2.33. The van der Waals surface area contributed by atoms with Gasteiger partial charge in [-0.1, -0.05) is 25.0 Å². The Balaban J connectivity index is 1.87. The predicted octanol–water partition coefficient (Wildman–Crippen LogP) is 2.53. The highest BCUT2D eigenvalue weighted by molar-refractivity contribution is 5.97. The van der Waals surface area contributed by atoms with Crippen LogP contribution in [0.25, 0.3) is 10.9 Å². The summed E-state index contributed by atoms with van der Waals surface area (Å²) >= 11 is 0. The van der Waals surface area contributed by atoms with E-state index < -0.39 is 5.60 Å². The number of nitrogen functional groups attached to an aromatic ring is 1. The third-order valence-corrected chi connectivity index (χ3v) is 3.94. The van der Waals surface area contributed by atoms with Gasteiger partial charge in [0.2, 0.25) is 0 Å². The summed E-state index contributed by atoms with van der Waals surface area (Å²) in [6.45, 7) is 0.584. The van der Waals surface area contributed by atoms with Crippen LogP contribution in [0.4, 0.5) is 11.4 Å². The summed E-state index contributed by atoms with van der Waals surface area (Å²) in [7, 11) is 0. The zero-order chi connectivity index (χ0) is 13.3. The maximum atomic E-state index is 10.4. The van der Waals surface area contributed by atoms with Gasteiger partial charge >= 0.3 is 0 Å². The van der Waals surface area contributed by atoms with E-state index in [2.05, 4.69) is 10.3 Å². The van der Waals surface area contributed by atoms with E-state index in [-0.39, 0.29) is 0 Å². The van der Waals surface area contributed by atoms with Crippen molar-refractivity contribution in [3.8, 4) is 0 Å². The van der Waals surface area contributed by atoms with Crippen molar-refractivity contribution in [2.24, 2.45) is 0 Å². The molecule has 3 rings (SSSR count). The van der Waals surface area contributed by atoms with E-state index in [9.17, 15) is 5.11 Å². The zero-order valence-corrected chi connectivity index (χ0v) is 10.9. The number of para-hydroxylation sites is 1. The molecule has 1 heterocycles. The number of nitrogens with zero attached hydrogens (tertiary/aromatic N) is 1. The number of fused-ring (bicyclic) bond motifs is 1. The SMILES string of the molecule is Nc1cccc2c(NCC3(O)CCCC3)ccnc12. The third kappa shape index (κ3) is 2.36. The lowest BCUT2D eigenvalue weighted by Gasteiger charge is -2.23. The Morgan fingerprint density at radius 2 is 2.05 bits per heavy atom. The van der Waals surface area contributed by atoms with Crippen LogP contribution in [0.3, 0.4) is 0 Å². The normalized spacial score (nSPS) is 17.7. The van der Waals surface area contributed by atoms with Gasteiger partial charge in [0.05, 0.1) is 16.8 Å². The van der Waals surface area contributed by atoms with Crippen LogP contribution < -0.4 is 11.1 Å².